The number of amides is 2. The second kappa shape index (κ2) is 7.50. The van der Waals surface area contributed by atoms with Gasteiger partial charge in [-0.25, -0.2) is 4.79 Å². The minimum atomic E-state index is -0.0507. The van der Waals surface area contributed by atoms with Crippen LogP contribution in [0.5, 0.6) is 5.75 Å². The third kappa shape index (κ3) is 4.11. The fourth-order valence-electron chi connectivity index (χ4n) is 2.05. The van der Waals surface area contributed by atoms with Gasteiger partial charge in [0.1, 0.15) is 5.75 Å². The second-order valence-electron chi connectivity index (χ2n) is 4.57. The van der Waals surface area contributed by atoms with Crippen LogP contribution in [0.15, 0.2) is 22.7 Å². The van der Waals surface area contributed by atoms with E-state index in [1.807, 2.05) is 18.2 Å². The van der Waals surface area contributed by atoms with Gasteiger partial charge in [-0.3, -0.25) is 0 Å². The summed E-state index contributed by atoms with van der Waals surface area (Å²) >= 11 is 3.48. The number of benzene rings is 1. The monoisotopic (exact) mass is 342 g/mol. The summed E-state index contributed by atoms with van der Waals surface area (Å²) in [5, 5.41) is 2.93. The summed E-state index contributed by atoms with van der Waals surface area (Å²) in [6.07, 6.45) is 0.885. The Morgan fingerprint density at radius 2 is 2.30 bits per heavy atom. The minimum Gasteiger partial charge on any atom is -0.497 e. The second-order valence-corrected chi connectivity index (χ2v) is 5.42. The average molecular weight is 343 g/mol. The molecule has 1 saturated heterocycles. The lowest BCUT2D eigenvalue weighted by molar-refractivity contribution is 0.142. The van der Waals surface area contributed by atoms with Gasteiger partial charge in [0.15, 0.2) is 0 Å². The number of nitrogens with one attached hydrogen (secondary N) is 1. The minimum absolute atomic E-state index is 0.0507. The van der Waals surface area contributed by atoms with Gasteiger partial charge in [-0.2, -0.15) is 0 Å². The van der Waals surface area contributed by atoms with Gasteiger partial charge in [-0.15, -0.1) is 0 Å². The maximum atomic E-state index is 12.1. The lowest BCUT2D eigenvalue weighted by Crippen LogP contribution is -2.41. The van der Waals surface area contributed by atoms with Crippen LogP contribution in [0.2, 0.25) is 0 Å². The first-order valence-electron chi connectivity index (χ1n) is 6.63. The number of hydrogen-bond acceptors (Lipinski definition) is 3. The van der Waals surface area contributed by atoms with E-state index < -0.39 is 0 Å². The van der Waals surface area contributed by atoms with Crippen LogP contribution in [0.3, 0.4) is 0 Å². The van der Waals surface area contributed by atoms with Crippen LogP contribution < -0.4 is 10.1 Å². The molecule has 1 N–H and O–H groups in total. The van der Waals surface area contributed by atoms with Crippen LogP contribution in [0, 0.1) is 0 Å². The predicted octanol–water partition coefficient (Wildman–Crippen LogP) is 2.39. The summed E-state index contributed by atoms with van der Waals surface area (Å²) in [5.74, 6) is 0.778. The van der Waals surface area contributed by atoms with Gasteiger partial charge < -0.3 is 19.7 Å². The quantitative estimate of drug-likeness (QED) is 0.917. The maximum Gasteiger partial charge on any atom is 0.317 e. The first kappa shape index (κ1) is 15.1. The third-order valence-electron chi connectivity index (χ3n) is 3.19. The summed E-state index contributed by atoms with van der Waals surface area (Å²) < 4.78 is 11.5. The van der Waals surface area contributed by atoms with Crippen molar-refractivity contribution < 1.29 is 14.3 Å². The third-order valence-corrected chi connectivity index (χ3v) is 3.97. The van der Waals surface area contributed by atoms with Gasteiger partial charge in [0, 0.05) is 30.7 Å². The summed E-state index contributed by atoms with van der Waals surface area (Å²) in [6, 6.07) is 5.66. The zero-order valence-corrected chi connectivity index (χ0v) is 13.1. The fraction of sp³-hybridized carbons (Fsp3) is 0.500. The molecule has 1 aliphatic rings. The van der Waals surface area contributed by atoms with Crippen molar-refractivity contribution in [1.29, 1.82) is 0 Å². The molecule has 1 aromatic carbocycles. The zero-order chi connectivity index (χ0) is 14.4. The molecule has 0 spiro atoms. The van der Waals surface area contributed by atoms with Gasteiger partial charge in [0.2, 0.25) is 0 Å². The molecule has 6 heteroatoms. The SMILES string of the molecule is COc1ccc(Br)c(CNC(=O)N2CCCOCC2)c1. The molecule has 2 amide bonds. The molecular weight excluding hydrogens is 324 g/mol. The Hall–Kier alpha value is -1.27. The largest absolute Gasteiger partial charge is 0.497 e. The van der Waals surface area contributed by atoms with Gasteiger partial charge in [-0.1, -0.05) is 15.9 Å². The Morgan fingerprint density at radius 1 is 1.45 bits per heavy atom. The fourth-order valence-corrected chi connectivity index (χ4v) is 2.43. The normalized spacial score (nSPS) is 15.6. The Balaban J connectivity index is 1.92. The van der Waals surface area contributed by atoms with E-state index in [1.165, 1.54) is 0 Å². The number of urea groups is 1. The number of methoxy groups -OCH3 is 1. The van der Waals surface area contributed by atoms with Crippen molar-refractivity contribution in [1.82, 2.24) is 10.2 Å². The highest BCUT2D eigenvalue weighted by atomic mass is 79.9. The number of rotatable bonds is 3. The highest BCUT2D eigenvalue weighted by Crippen LogP contribution is 2.22. The topological polar surface area (TPSA) is 50.8 Å². The Labute approximate surface area is 127 Å². The van der Waals surface area contributed by atoms with Crippen molar-refractivity contribution in [2.24, 2.45) is 0 Å². The van der Waals surface area contributed by atoms with Crippen LogP contribution in [0.25, 0.3) is 0 Å². The van der Waals surface area contributed by atoms with E-state index in [9.17, 15) is 4.79 Å². The van der Waals surface area contributed by atoms with Crippen LogP contribution in [-0.2, 0) is 11.3 Å². The molecule has 0 bridgehead atoms. The van der Waals surface area contributed by atoms with E-state index in [1.54, 1.807) is 12.0 Å². The van der Waals surface area contributed by atoms with Crippen molar-refractivity contribution in [2.75, 3.05) is 33.4 Å². The van der Waals surface area contributed by atoms with Crippen molar-refractivity contribution in [3.05, 3.63) is 28.2 Å². The number of halogens is 1. The summed E-state index contributed by atoms with van der Waals surface area (Å²) in [6.45, 7) is 3.19. The van der Waals surface area contributed by atoms with E-state index in [0.717, 1.165) is 35.4 Å². The van der Waals surface area contributed by atoms with E-state index >= 15 is 0 Å². The Kier molecular flexibility index (Phi) is 5.67. The van der Waals surface area contributed by atoms with Gasteiger partial charge in [0.25, 0.3) is 0 Å². The number of hydrogen-bond donors (Lipinski definition) is 1. The van der Waals surface area contributed by atoms with E-state index in [0.29, 0.717) is 19.7 Å². The molecule has 1 heterocycles. The maximum absolute atomic E-state index is 12.1. The van der Waals surface area contributed by atoms with E-state index in [2.05, 4.69) is 21.2 Å². The highest BCUT2D eigenvalue weighted by Gasteiger charge is 2.15. The van der Waals surface area contributed by atoms with E-state index in [-0.39, 0.29) is 6.03 Å². The number of nitrogens with zero attached hydrogens (tertiary/aromatic N) is 1. The number of carbonyl (C=O) groups is 1. The first-order chi connectivity index (χ1) is 9.70. The van der Waals surface area contributed by atoms with E-state index in [4.69, 9.17) is 9.47 Å². The Bertz CT molecular complexity index is 460. The van der Waals surface area contributed by atoms with Gasteiger partial charge in [-0.05, 0) is 30.2 Å². The molecule has 0 unspecified atom stereocenters. The highest BCUT2D eigenvalue weighted by molar-refractivity contribution is 9.10. The molecule has 1 aliphatic heterocycles. The smallest absolute Gasteiger partial charge is 0.317 e. The predicted molar refractivity (Wildman–Crippen MR) is 79.9 cm³/mol. The van der Waals surface area contributed by atoms with Crippen molar-refractivity contribution in [3.63, 3.8) is 0 Å². The molecule has 0 radical (unpaired) electrons. The van der Waals surface area contributed by atoms with Gasteiger partial charge >= 0.3 is 6.03 Å². The van der Waals surface area contributed by atoms with Crippen LogP contribution in [-0.4, -0.2) is 44.3 Å². The summed E-state index contributed by atoms with van der Waals surface area (Å²) in [5.41, 5.74) is 0.990. The van der Waals surface area contributed by atoms with Crippen LogP contribution >= 0.6 is 15.9 Å². The average Bonchev–Trinajstić information content (AvgIpc) is 2.75. The molecule has 1 aromatic rings. The molecule has 1 fully saturated rings. The van der Waals surface area contributed by atoms with Gasteiger partial charge in [0.05, 0.1) is 13.7 Å². The molecular formula is C14H19BrN2O3. The van der Waals surface area contributed by atoms with Crippen molar-refractivity contribution in [3.8, 4) is 5.75 Å². The molecule has 0 aliphatic carbocycles. The first-order valence-corrected chi connectivity index (χ1v) is 7.43. The van der Waals surface area contributed by atoms with Crippen LogP contribution in [0.1, 0.15) is 12.0 Å². The summed E-state index contributed by atoms with van der Waals surface area (Å²) in [7, 11) is 1.63. The zero-order valence-electron chi connectivity index (χ0n) is 11.5. The lowest BCUT2D eigenvalue weighted by atomic mass is 10.2. The molecule has 2 rings (SSSR count). The molecule has 0 aromatic heterocycles. The van der Waals surface area contributed by atoms with Crippen molar-refractivity contribution >= 4 is 22.0 Å². The number of carbonyl (C=O) groups excluding carboxylic acids is 1. The summed E-state index contributed by atoms with van der Waals surface area (Å²) in [4.78, 5) is 13.9. The molecule has 110 valence electrons. The number of ether oxygens (including phenoxy) is 2. The molecule has 20 heavy (non-hydrogen) atoms. The standard InChI is InChI=1S/C14H19BrN2O3/c1-19-12-3-4-13(15)11(9-12)10-16-14(18)17-5-2-7-20-8-6-17/h3-4,9H,2,5-8,10H2,1H3,(H,16,18). The lowest BCUT2D eigenvalue weighted by Gasteiger charge is -2.20. The molecule has 0 atom stereocenters. The van der Waals surface area contributed by atoms with Crippen molar-refractivity contribution in [2.45, 2.75) is 13.0 Å². The molecule has 5 nitrogen and oxygen atoms in total. The Morgan fingerprint density at radius 3 is 3.10 bits per heavy atom. The van der Waals surface area contributed by atoms with Crippen LogP contribution in [0.4, 0.5) is 4.79 Å². The molecule has 0 saturated carbocycles.